The van der Waals surface area contributed by atoms with E-state index in [1.165, 1.54) is 0 Å². The summed E-state index contributed by atoms with van der Waals surface area (Å²) in [5, 5.41) is 37.5. The summed E-state index contributed by atoms with van der Waals surface area (Å²) in [6, 6.07) is -0.491. The zero-order valence-corrected chi connectivity index (χ0v) is 7.22. The number of rotatable bonds is 2. The molecule has 12 heavy (non-hydrogen) atoms. The molecule has 0 radical (unpaired) electrons. The van der Waals surface area contributed by atoms with Crippen molar-refractivity contribution in [2.75, 3.05) is 13.2 Å². The van der Waals surface area contributed by atoms with E-state index in [9.17, 15) is 5.11 Å². The van der Waals surface area contributed by atoms with Crippen LogP contribution in [0.4, 0.5) is 0 Å². The normalized spacial score (nSPS) is 37.5. The summed E-state index contributed by atoms with van der Waals surface area (Å²) >= 11 is 0. The van der Waals surface area contributed by atoms with Gasteiger partial charge < -0.3 is 38.1 Å². The van der Waals surface area contributed by atoms with Crippen LogP contribution in [0.15, 0.2) is 0 Å². The molecular formula is C6H14ClNO4. The molecule has 0 aromatic rings. The zero-order valence-electron chi connectivity index (χ0n) is 6.47. The monoisotopic (exact) mass is 199 g/mol. The van der Waals surface area contributed by atoms with Gasteiger partial charge in [-0.2, -0.15) is 0 Å². The first kappa shape index (κ1) is 12.1. The lowest BCUT2D eigenvalue weighted by Crippen LogP contribution is -3.00. The molecule has 1 heterocycles. The Bertz CT molecular complexity index is 137. The van der Waals surface area contributed by atoms with E-state index in [0.717, 1.165) is 0 Å². The van der Waals surface area contributed by atoms with Crippen molar-refractivity contribution in [3.05, 3.63) is 0 Å². The SMILES string of the molecule is OC[C@@H](O)[C@H]1[NH2+]C[C@@H](O)[C@H]1O.[Cl-]. The lowest BCUT2D eigenvalue weighted by molar-refractivity contribution is -0.682. The van der Waals surface area contributed by atoms with Crippen LogP contribution in [0.5, 0.6) is 0 Å². The Morgan fingerprint density at radius 2 is 2.00 bits per heavy atom. The predicted molar refractivity (Wildman–Crippen MR) is 35.7 cm³/mol. The summed E-state index contributed by atoms with van der Waals surface area (Å²) < 4.78 is 0. The number of hydrogen-bond donors (Lipinski definition) is 5. The molecule has 0 aromatic carbocycles. The summed E-state index contributed by atoms with van der Waals surface area (Å²) in [4.78, 5) is 0. The maximum atomic E-state index is 9.21. The largest absolute Gasteiger partial charge is 1.00 e. The molecular weight excluding hydrogens is 186 g/mol. The lowest BCUT2D eigenvalue weighted by atomic mass is 10.1. The molecule has 1 saturated heterocycles. The maximum absolute atomic E-state index is 9.21. The Kier molecular flexibility index (Phi) is 5.00. The molecule has 0 aromatic heterocycles. The van der Waals surface area contributed by atoms with Crippen molar-refractivity contribution in [1.29, 1.82) is 0 Å². The minimum absolute atomic E-state index is 0. The van der Waals surface area contributed by atoms with E-state index >= 15 is 0 Å². The van der Waals surface area contributed by atoms with E-state index in [1.807, 2.05) is 0 Å². The maximum Gasteiger partial charge on any atom is 0.143 e. The molecule has 74 valence electrons. The molecule has 1 rings (SSSR count). The molecule has 6 N–H and O–H groups in total. The van der Waals surface area contributed by atoms with Gasteiger partial charge in [-0.05, 0) is 0 Å². The van der Waals surface area contributed by atoms with Gasteiger partial charge in [0, 0.05) is 0 Å². The average Bonchev–Trinajstić information content (AvgIpc) is 2.32. The van der Waals surface area contributed by atoms with Gasteiger partial charge in [0.15, 0.2) is 0 Å². The van der Waals surface area contributed by atoms with Crippen LogP contribution in [0, 0.1) is 0 Å². The minimum atomic E-state index is -0.956. The molecule has 5 nitrogen and oxygen atoms in total. The fourth-order valence-corrected chi connectivity index (χ4v) is 1.34. The number of aliphatic hydroxyl groups excluding tert-OH is 4. The Morgan fingerprint density at radius 1 is 1.42 bits per heavy atom. The second-order valence-electron chi connectivity index (χ2n) is 2.86. The molecule has 0 aliphatic carbocycles. The molecule has 0 saturated carbocycles. The smallest absolute Gasteiger partial charge is 0.143 e. The third-order valence-corrected chi connectivity index (χ3v) is 2.07. The molecule has 6 heteroatoms. The minimum Gasteiger partial charge on any atom is -1.00 e. The van der Waals surface area contributed by atoms with E-state index in [1.54, 1.807) is 5.32 Å². The average molecular weight is 200 g/mol. The number of halogens is 1. The van der Waals surface area contributed by atoms with Gasteiger partial charge in [-0.3, -0.25) is 0 Å². The van der Waals surface area contributed by atoms with Crippen LogP contribution in [0.25, 0.3) is 0 Å². The van der Waals surface area contributed by atoms with Crippen LogP contribution in [0.2, 0.25) is 0 Å². The Hall–Kier alpha value is 0.0900. The Morgan fingerprint density at radius 3 is 2.33 bits per heavy atom. The predicted octanol–water partition coefficient (Wildman–Crippen LogP) is -6.99. The molecule has 4 atom stereocenters. The summed E-state index contributed by atoms with van der Waals surface area (Å²) in [6.07, 6.45) is -2.68. The quantitative estimate of drug-likeness (QED) is 0.305. The van der Waals surface area contributed by atoms with Gasteiger partial charge >= 0.3 is 0 Å². The highest BCUT2D eigenvalue weighted by molar-refractivity contribution is 4.83. The zero-order chi connectivity index (χ0) is 8.43. The third-order valence-electron chi connectivity index (χ3n) is 2.07. The number of aliphatic hydroxyl groups is 4. The number of nitrogens with two attached hydrogens (primary N) is 1. The molecule has 0 bridgehead atoms. The highest BCUT2D eigenvalue weighted by atomic mass is 35.5. The molecule has 0 spiro atoms. The van der Waals surface area contributed by atoms with E-state index in [0.29, 0.717) is 6.54 Å². The van der Waals surface area contributed by atoms with E-state index in [4.69, 9.17) is 15.3 Å². The molecule has 0 unspecified atom stereocenters. The topological polar surface area (TPSA) is 97.5 Å². The van der Waals surface area contributed by atoms with Gasteiger partial charge in [0.05, 0.1) is 6.61 Å². The van der Waals surface area contributed by atoms with Crippen LogP contribution >= 0.6 is 0 Å². The number of quaternary nitrogens is 1. The van der Waals surface area contributed by atoms with Crippen LogP contribution in [-0.4, -0.2) is 57.9 Å². The second kappa shape index (κ2) is 4.96. The molecule has 0 amide bonds. The van der Waals surface area contributed by atoms with Crippen molar-refractivity contribution in [2.45, 2.75) is 24.4 Å². The fraction of sp³-hybridized carbons (Fsp3) is 1.00. The van der Waals surface area contributed by atoms with Crippen LogP contribution in [0.1, 0.15) is 0 Å². The summed E-state index contributed by atoms with van der Waals surface area (Å²) in [7, 11) is 0. The van der Waals surface area contributed by atoms with Crippen molar-refractivity contribution in [3.63, 3.8) is 0 Å². The lowest BCUT2D eigenvalue weighted by Gasteiger charge is -2.16. The molecule has 1 aliphatic heterocycles. The number of hydrogen-bond acceptors (Lipinski definition) is 4. The van der Waals surface area contributed by atoms with E-state index in [-0.39, 0.29) is 19.0 Å². The summed E-state index contributed by atoms with van der Waals surface area (Å²) in [6.45, 7) is -0.00611. The second-order valence-corrected chi connectivity index (χ2v) is 2.86. The summed E-state index contributed by atoms with van der Waals surface area (Å²) in [5.41, 5.74) is 0. The van der Waals surface area contributed by atoms with Gasteiger partial charge in [-0.25, -0.2) is 0 Å². The van der Waals surface area contributed by atoms with Crippen LogP contribution in [-0.2, 0) is 0 Å². The van der Waals surface area contributed by atoms with Gasteiger partial charge in [0.25, 0.3) is 0 Å². The molecule has 1 fully saturated rings. The first-order chi connectivity index (χ1) is 5.16. The van der Waals surface area contributed by atoms with E-state index < -0.39 is 24.4 Å². The van der Waals surface area contributed by atoms with Gasteiger partial charge in [-0.15, -0.1) is 0 Å². The van der Waals surface area contributed by atoms with Gasteiger partial charge in [0.2, 0.25) is 0 Å². The van der Waals surface area contributed by atoms with Crippen molar-refractivity contribution < 1.29 is 38.1 Å². The standard InChI is InChI=1S/C6H13NO4.ClH/c8-2-4(10)5-6(11)3(9)1-7-5;/h3-11H,1-2H2;1H/t3-,4-,5-,6-;/m1./s1. The first-order valence-electron chi connectivity index (χ1n) is 3.65. The van der Waals surface area contributed by atoms with Crippen molar-refractivity contribution in [3.8, 4) is 0 Å². The van der Waals surface area contributed by atoms with Crippen molar-refractivity contribution in [1.82, 2.24) is 0 Å². The van der Waals surface area contributed by atoms with Crippen LogP contribution in [0.3, 0.4) is 0 Å². The molecule has 1 aliphatic rings. The summed E-state index contributed by atoms with van der Waals surface area (Å²) in [5.74, 6) is 0. The van der Waals surface area contributed by atoms with Crippen molar-refractivity contribution in [2.24, 2.45) is 0 Å². The first-order valence-corrected chi connectivity index (χ1v) is 3.65. The van der Waals surface area contributed by atoms with Gasteiger partial charge in [-0.1, -0.05) is 0 Å². The highest BCUT2D eigenvalue weighted by Gasteiger charge is 2.41. The fourth-order valence-electron chi connectivity index (χ4n) is 1.34. The van der Waals surface area contributed by atoms with Crippen LogP contribution < -0.4 is 17.7 Å². The Balaban J connectivity index is 0.00000121. The third kappa shape index (κ3) is 2.29. The highest BCUT2D eigenvalue weighted by Crippen LogP contribution is 2.04. The Labute approximate surface area is 76.4 Å². The van der Waals surface area contributed by atoms with Crippen molar-refractivity contribution >= 4 is 0 Å². The van der Waals surface area contributed by atoms with Gasteiger partial charge in [0.1, 0.15) is 30.9 Å². The van der Waals surface area contributed by atoms with E-state index in [2.05, 4.69) is 0 Å².